The molecule has 0 radical (unpaired) electrons. The predicted molar refractivity (Wildman–Crippen MR) is 125 cm³/mol. The minimum Gasteiger partial charge on any atom is -0.492 e. The highest BCUT2D eigenvalue weighted by molar-refractivity contribution is 7.99. The average molecular weight is 435 g/mol. The van der Waals surface area contributed by atoms with E-state index >= 15 is 0 Å². The summed E-state index contributed by atoms with van der Waals surface area (Å²) in [6.45, 7) is 8.97. The molecule has 0 aliphatic heterocycles. The van der Waals surface area contributed by atoms with E-state index in [0.717, 1.165) is 11.3 Å². The molecule has 0 saturated carbocycles. The molecule has 0 unspecified atom stereocenters. The van der Waals surface area contributed by atoms with Gasteiger partial charge < -0.3 is 4.74 Å². The number of nitrogens with zero attached hydrogens (tertiary/aromatic N) is 3. The number of aromatic amines is 1. The maximum Gasteiger partial charge on any atom is 0.266 e. The molecule has 4 aromatic rings. The summed E-state index contributed by atoms with van der Waals surface area (Å²) in [6, 6.07) is 15.9. The summed E-state index contributed by atoms with van der Waals surface area (Å²) >= 11 is 1.53. The van der Waals surface area contributed by atoms with Gasteiger partial charge in [-0.3, -0.25) is 9.89 Å². The predicted octanol–water partition coefficient (Wildman–Crippen LogP) is 5.00. The van der Waals surface area contributed by atoms with Gasteiger partial charge in [0.05, 0.1) is 6.61 Å². The first-order valence-electron chi connectivity index (χ1n) is 10.3. The molecule has 0 saturated heterocycles. The van der Waals surface area contributed by atoms with Crippen molar-refractivity contribution in [2.45, 2.75) is 38.8 Å². The van der Waals surface area contributed by atoms with Gasteiger partial charge in [-0.1, -0.05) is 67.6 Å². The topological polar surface area (TPSA) is 72.3 Å². The van der Waals surface area contributed by atoms with Crippen LogP contribution in [0.2, 0.25) is 0 Å². The summed E-state index contributed by atoms with van der Waals surface area (Å²) in [7, 11) is 0. The Labute approximate surface area is 185 Å². The SMILES string of the molecule is Cc1ccc(-c2nc(SCCOc3cc(C)ccc3C(C)C)n3[nH]c(=O)cc3n2)cc1. The van der Waals surface area contributed by atoms with E-state index in [1.54, 1.807) is 4.52 Å². The van der Waals surface area contributed by atoms with Crippen LogP contribution in [-0.2, 0) is 0 Å². The zero-order valence-corrected chi connectivity index (χ0v) is 19.0. The van der Waals surface area contributed by atoms with Gasteiger partial charge in [-0.2, -0.15) is 0 Å². The van der Waals surface area contributed by atoms with Crippen LogP contribution in [0, 0.1) is 13.8 Å². The minimum atomic E-state index is -0.199. The van der Waals surface area contributed by atoms with Gasteiger partial charge in [0.25, 0.3) is 5.56 Å². The fraction of sp³-hybridized carbons (Fsp3) is 0.292. The molecule has 31 heavy (non-hydrogen) atoms. The normalized spacial score (nSPS) is 11.4. The van der Waals surface area contributed by atoms with Crippen molar-refractivity contribution in [2.75, 3.05) is 12.4 Å². The molecule has 0 atom stereocenters. The molecule has 0 fully saturated rings. The van der Waals surface area contributed by atoms with Crippen molar-refractivity contribution < 1.29 is 4.74 Å². The van der Waals surface area contributed by atoms with Crippen LogP contribution in [0.5, 0.6) is 5.75 Å². The number of nitrogens with one attached hydrogen (secondary N) is 1. The first-order chi connectivity index (χ1) is 14.9. The minimum absolute atomic E-state index is 0.199. The highest BCUT2D eigenvalue weighted by Crippen LogP contribution is 2.28. The molecule has 0 spiro atoms. The number of H-pyrrole nitrogens is 1. The molecule has 1 N–H and O–H groups in total. The number of ether oxygens (including phenoxy) is 1. The van der Waals surface area contributed by atoms with E-state index in [1.165, 1.54) is 34.5 Å². The molecule has 2 heterocycles. The molecule has 160 valence electrons. The summed E-state index contributed by atoms with van der Waals surface area (Å²) in [5.74, 6) is 2.61. The van der Waals surface area contributed by atoms with Crippen molar-refractivity contribution in [3.05, 3.63) is 75.6 Å². The van der Waals surface area contributed by atoms with Crippen molar-refractivity contribution in [1.82, 2.24) is 19.6 Å². The quantitative estimate of drug-likeness (QED) is 0.327. The van der Waals surface area contributed by atoms with E-state index in [9.17, 15) is 4.79 Å². The van der Waals surface area contributed by atoms with Crippen molar-refractivity contribution >= 4 is 17.4 Å². The number of hydrogen-bond donors (Lipinski definition) is 1. The zero-order chi connectivity index (χ0) is 22.0. The van der Waals surface area contributed by atoms with E-state index in [1.807, 2.05) is 31.2 Å². The van der Waals surface area contributed by atoms with E-state index in [-0.39, 0.29) is 5.56 Å². The van der Waals surface area contributed by atoms with Crippen LogP contribution in [0.25, 0.3) is 17.0 Å². The molecule has 2 aromatic heterocycles. The molecule has 0 aliphatic carbocycles. The van der Waals surface area contributed by atoms with Crippen molar-refractivity contribution in [1.29, 1.82) is 0 Å². The lowest BCUT2D eigenvalue weighted by Gasteiger charge is -2.15. The standard InChI is InChI=1S/C24H26N4O2S/c1-15(2)19-10-7-17(4)13-20(19)30-11-12-31-24-26-23(18-8-5-16(3)6-9-18)25-21-14-22(29)27-28(21)24/h5-10,13-15H,11-12H2,1-4H3,(H,27,29). The summed E-state index contributed by atoms with van der Waals surface area (Å²) in [4.78, 5) is 21.2. The second kappa shape index (κ2) is 8.98. The maximum absolute atomic E-state index is 11.9. The summed E-state index contributed by atoms with van der Waals surface area (Å²) in [5, 5.41) is 3.46. The Balaban J connectivity index is 1.54. The smallest absolute Gasteiger partial charge is 0.266 e. The van der Waals surface area contributed by atoms with E-state index < -0.39 is 0 Å². The van der Waals surface area contributed by atoms with Crippen LogP contribution >= 0.6 is 11.8 Å². The first kappa shape index (κ1) is 21.2. The number of benzene rings is 2. The van der Waals surface area contributed by atoms with E-state index in [0.29, 0.717) is 34.9 Å². The zero-order valence-electron chi connectivity index (χ0n) is 18.2. The number of hydrogen-bond acceptors (Lipinski definition) is 5. The molecular formula is C24H26N4O2S. The molecule has 0 bridgehead atoms. The van der Waals surface area contributed by atoms with Crippen LogP contribution in [0.3, 0.4) is 0 Å². The van der Waals surface area contributed by atoms with Crippen LogP contribution in [0.1, 0.15) is 36.5 Å². The molecule has 2 aromatic carbocycles. The molecule has 0 amide bonds. The van der Waals surface area contributed by atoms with Crippen molar-refractivity contribution in [3.8, 4) is 17.1 Å². The third-order valence-electron chi connectivity index (χ3n) is 5.00. The molecule has 6 nitrogen and oxygen atoms in total. The van der Waals surface area contributed by atoms with Gasteiger partial charge in [0.2, 0.25) is 0 Å². The van der Waals surface area contributed by atoms with Gasteiger partial charge >= 0.3 is 0 Å². The maximum atomic E-state index is 11.9. The van der Waals surface area contributed by atoms with Crippen molar-refractivity contribution in [3.63, 3.8) is 0 Å². The highest BCUT2D eigenvalue weighted by atomic mass is 32.2. The van der Waals surface area contributed by atoms with Crippen LogP contribution in [-0.4, -0.2) is 31.9 Å². The van der Waals surface area contributed by atoms with E-state index in [2.05, 4.69) is 49.1 Å². The largest absolute Gasteiger partial charge is 0.492 e. The Bertz CT molecular complexity index is 1260. The lowest BCUT2D eigenvalue weighted by atomic mass is 10.0. The number of rotatable bonds is 7. The highest BCUT2D eigenvalue weighted by Gasteiger charge is 2.12. The fourth-order valence-electron chi connectivity index (χ4n) is 3.34. The summed E-state index contributed by atoms with van der Waals surface area (Å²) in [6.07, 6.45) is 0. The first-order valence-corrected chi connectivity index (χ1v) is 11.3. The second-order valence-electron chi connectivity index (χ2n) is 7.90. The number of aromatic nitrogens is 4. The Morgan fingerprint density at radius 3 is 2.52 bits per heavy atom. The van der Waals surface area contributed by atoms with E-state index in [4.69, 9.17) is 9.72 Å². The average Bonchev–Trinajstić information content (AvgIpc) is 3.11. The molecule has 4 rings (SSSR count). The van der Waals surface area contributed by atoms with Gasteiger partial charge in [-0.05, 0) is 37.0 Å². The van der Waals surface area contributed by atoms with Crippen LogP contribution < -0.4 is 10.3 Å². The Kier molecular flexibility index (Phi) is 6.13. The van der Waals surface area contributed by atoms with Gasteiger partial charge in [0.15, 0.2) is 16.6 Å². The number of aryl methyl sites for hydroxylation is 2. The third-order valence-corrected chi connectivity index (χ3v) is 5.90. The molecule has 0 aliphatic rings. The fourth-order valence-corrected chi connectivity index (χ4v) is 4.11. The van der Waals surface area contributed by atoms with Crippen LogP contribution in [0.4, 0.5) is 0 Å². The monoisotopic (exact) mass is 434 g/mol. The lowest BCUT2D eigenvalue weighted by molar-refractivity contribution is 0.338. The van der Waals surface area contributed by atoms with Gasteiger partial charge in [-0.15, -0.1) is 0 Å². The second-order valence-corrected chi connectivity index (χ2v) is 8.96. The summed E-state index contributed by atoms with van der Waals surface area (Å²) in [5.41, 5.74) is 4.83. The third kappa shape index (κ3) is 4.82. The van der Waals surface area contributed by atoms with Crippen molar-refractivity contribution in [2.24, 2.45) is 0 Å². The van der Waals surface area contributed by atoms with Gasteiger partial charge in [0, 0.05) is 17.4 Å². The Morgan fingerprint density at radius 1 is 1.03 bits per heavy atom. The summed E-state index contributed by atoms with van der Waals surface area (Å²) < 4.78 is 7.74. The van der Waals surface area contributed by atoms with Crippen LogP contribution in [0.15, 0.2) is 58.5 Å². The Hall–Kier alpha value is -3.06. The Morgan fingerprint density at radius 2 is 1.77 bits per heavy atom. The lowest BCUT2D eigenvalue weighted by Crippen LogP contribution is -2.07. The number of fused-ring (bicyclic) bond motifs is 1. The molecular weight excluding hydrogens is 408 g/mol. The van der Waals surface area contributed by atoms with Gasteiger partial charge in [0.1, 0.15) is 5.75 Å². The number of thioether (sulfide) groups is 1. The van der Waals surface area contributed by atoms with Gasteiger partial charge in [-0.25, -0.2) is 14.5 Å². The molecule has 7 heteroatoms.